The van der Waals surface area contributed by atoms with E-state index in [9.17, 15) is 9.59 Å². The van der Waals surface area contributed by atoms with E-state index in [2.05, 4.69) is 5.32 Å². The van der Waals surface area contributed by atoms with Crippen molar-refractivity contribution in [2.75, 3.05) is 6.54 Å². The van der Waals surface area contributed by atoms with Gasteiger partial charge in [-0.3, -0.25) is 9.59 Å². The van der Waals surface area contributed by atoms with Crippen molar-refractivity contribution >= 4 is 12.2 Å². The van der Waals surface area contributed by atoms with Gasteiger partial charge in [-0.2, -0.15) is 0 Å². The molecule has 0 radical (unpaired) electrons. The molecule has 0 saturated heterocycles. The van der Waals surface area contributed by atoms with E-state index in [4.69, 9.17) is 0 Å². The lowest BCUT2D eigenvalue weighted by Gasteiger charge is -1.92. The predicted octanol–water partition coefficient (Wildman–Crippen LogP) is 0.348. The normalized spacial score (nSPS) is 7.22. The van der Waals surface area contributed by atoms with Crippen LogP contribution in [0.25, 0.3) is 0 Å². The number of aldehydes is 1. The van der Waals surface area contributed by atoms with Gasteiger partial charge in [-0.15, -0.1) is 0 Å². The molecule has 9 heavy (non-hydrogen) atoms. The molecule has 0 heterocycles. The molecule has 0 aliphatic carbocycles. The summed E-state index contributed by atoms with van der Waals surface area (Å²) >= 11 is 0. The van der Waals surface area contributed by atoms with Crippen LogP contribution >= 0.6 is 0 Å². The number of amides is 1. The Morgan fingerprint density at radius 3 is 2.56 bits per heavy atom. The second-order valence-electron chi connectivity index (χ2n) is 1.41. The number of hydrogen-bond donors (Lipinski definition) is 1. The van der Waals surface area contributed by atoms with Gasteiger partial charge >= 0.3 is 0 Å². The first-order chi connectivity index (χ1) is 3.81. The van der Waals surface area contributed by atoms with Gasteiger partial charge in [0.25, 0.3) is 5.91 Å². The molecule has 0 aromatic heterocycles. The van der Waals surface area contributed by atoms with Crippen molar-refractivity contribution in [3.63, 3.8) is 0 Å². The van der Waals surface area contributed by atoms with Gasteiger partial charge in [0, 0.05) is 6.54 Å². The third-order valence-corrected chi connectivity index (χ3v) is 0.656. The second-order valence-corrected chi connectivity index (χ2v) is 1.41. The monoisotopic (exact) mass is 131 g/mol. The summed E-state index contributed by atoms with van der Waals surface area (Å²) in [5.74, 6) is -0.535. The van der Waals surface area contributed by atoms with E-state index in [0.29, 0.717) is 6.54 Å². The summed E-state index contributed by atoms with van der Waals surface area (Å²) in [4.78, 5) is 19.7. The summed E-state index contributed by atoms with van der Waals surface area (Å²) in [6.45, 7) is 2.50. The molecule has 0 aromatic rings. The van der Waals surface area contributed by atoms with Gasteiger partial charge < -0.3 is 5.32 Å². The summed E-state index contributed by atoms with van der Waals surface area (Å²) in [6.07, 6.45) is 1.13. The van der Waals surface area contributed by atoms with Crippen LogP contribution in [0.15, 0.2) is 0 Å². The van der Waals surface area contributed by atoms with Crippen LogP contribution in [0.2, 0.25) is 0 Å². The molecule has 0 aliphatic heterocycles. The van der Waals surface area contributed by atoms with Crippen LogP contribution in [-0.4, -0.2) is 18.7 Å². The van der Waals surface area contributed by atoms with Crippen LogP contribution in [0.1, 0.15) is 20.8 Å². The summed E-state index contributed by atoms with van der Waals surface area (Å²) in [5.41, 5.74) is 0. The maximum atomic E-state index is 10.1. The van der Waals surface area contributed by atoms with Gasteiger partial charge in [-0.1, -0.05) is 14.4 Å². The molecule has 0 spiro atoms. The van der Waals surface area contributed by atoms with E-state index in [1.165, 1.54) is 0 Å². The first-order valence-corrected chi connectivity index (χ1v) is 2.54. The molecular formula is C6H13NO2. The van der Waals surface area contributed by atoms with Crippen LogP contribution in [-0.2, 0) is 9.59 Å². The maximum absolute atomic E-state index is 10.1. The van der Waals surface area contributed by atoms with Crippen molar-refractivity contribution in [2.45, 2.75) is 20.8 Å². The lowest BCUT2D eigenvalue weighted by molar-refractivity contribution is -0.131. The Hall–Kier alpha value is -0.860. The van der Waals surface area contributed by atoms with Gasteiger partial charge in [0.2, 0.25) is 6.29 Å². The largest absolute Gasteiger partial charge is 0.350 e. The van der Waals surface area contributed by atoms with E-state index < -0.39 is 5.91 Å². The molecule has 0 bridgehead atoms. The average Bonchev–Trinajstić information content (AvgIpc) is 1.83. The minimum atomic E-state index is -0.535. The Balaban J connectivity index is 0. The molecule has 54 valence electrons. The Bertz CT molecular complexity index is 91.1. The van der Waals surface area contributed by atoms with Crippen LogP contribution < -0.4 is 5.32 Å². The molecule has 1 N–H and O–H groups in total. The third kappa shape index (κ3) is 7.14. The van der Waals surface area contributed by atoms with Crippen molar-refractivity contribution in [1.29, 1.82) is 0 Å². The Kier molecular flexibility index (Phi) is 8.73. The van der Waals surface area contributed by atoms with Crippen molar-refractivity contribution in [2.24, 2.45) is 0 Å². The Morgan fingerprint density at radius 2 is 2.22 bits per heavy atom. The van der Waals surface area contributed by atoms with Crippen molar-refractivity contribution < 1.29 is 9.59 Å². The van der Waals surface area contributed by atoms with Crippen LogP contribution in [0.3, 0.4) is 0 Å². The molecule has 0 rings (SSSR count). The molecule has 1 amide bonds. The highest BCUT2D eigenvalue weighted by Gasteiger charge is 1.91. The quantitative estimate of drug-likeness (QED) is 0.443. The van der Waals surface area contributed by atoms with Crippen LogP contribution in [0.4, 0.5) is 0 Å². The molecule has 3 heteroatoms. The van der Waals surface area contributed by atoms with Gasteiger partial charge in [0.15, 0.2) is 0 Å². The molecule has 0 atom stereocenters. The van der Waals surface area contributed by atoms with E-state index in [0.717, 1.165) is 6.42 Å². The lowest BCUT2D eigenvalue weighted by Crippen LogP contribution is -2.24. The number of hydrogen-bond acceptors (Lipinski definition) is 2. The summed E-state index contributed by atoms with van der Waals surface area (Å²) in [5, 5.41) is 2.38. The smallest absolute Gasteiger partial charge is 0.284 e. The number of rotatable bonds is 3. The average molecular weight is 131 g/mol. The van der Waals surface area contributed by atoms with Crippen molar-refractivity contribution in [3.8, 4) is 0 Å². The molecule has 0 saturated carbocycles. The molecule has 0 aliphatic rings. The van der Waals surface area contributed by atoms with Crippen molar-refractivity contribution in [1.82, 2.24) is 5.32 Å². The zero-order chi connectivity index (χ0) is 6.41. The van der Waals surface area contributed by atoms with Crippen LogP contribution in [0.5, 0.6) is 0 Å². The maximum Gasteiger partial charge on any atom is 0.284 e. The minimum Gasteiger partial charge on any atom is -0.350 e. The van der Waals surface area contributed by atoms with Crippen LogP contribution in [0, 0.1) is 0 Å². The fourth-order valence-corrected chi connectivity index (χ4v) is 0.290. The van der Waals surface area contributed by atoms with Gasteiger partial charge in [-0.25, -0.2) is 0 Å². The highest BCUT2D eigenvalue weighted by Crippen LogP contribution is 1.66. The summed E-state index contributed by atoms with van der Waals surface area (Å²) < 4.78 is 0. The van der Waals surface area contributed by atoms with E-state index in [-0.39, 0.29) is 13.7 Å². The number of nitrogens with one attached hydrogen (secondary N) is 1. The summed E-state index contributed by atoms with van der Waals surface area (Å²) in [7, 11) is 0. The Morgan fingerprint density at radius 1 is 1.67 bits per heavy atom. The number of carbonyl (C=O) groups excluding carboxylic acids is 2. The van der Waals surface area contributed by atoms with E-state index in [1.807, 2.05) is 6.92 Å². The molecule has 0 aromatic carbocycles. The summed E-state index contributed by atoms with van der Waals surface area (Å²) in [6, 6.07) is 0. The van der Waals surface area contributed by atoms with E-state index in [1.54, 1.807) is 0 Å². The second kappa shape index (κ2) is 7.14. The van der Waals surface area contributed by atoms with Gasteiger partial charge in [0.05, 0.1) is 0 Å². The SMILES string of the molecule is C.CCCNC(=O)C=O. The number of carbonyl (C=O) groups is 2. The van der Waals surface area contributed by atoms with E-state index >= 15 is 0 Å². The topological polar surface area (TPSA) is 46.2 Å². The van der Waals surface area contributed by atoms with Gasteiger partial charge in [0.1, 0.15) is 0 Å². The zero-order valence-electron chi connectivity index (χ0n) is 4.81. The lowest BCUT2D eigenvalue weighted by atomic mass is 10.5. The first kappa shape index (κ1) is 11.0. The van der Waals surface area contributed by atoms with Gasteiger partial charge in [-0.05, 0) is 6.42 Å². The zero-order valence-corrected chi connectivity index (χ0v) is 4.81. The highest BCUT2D eigenvalue weighted by atomic mass is 16.2. The standard InChI is InChI=1S/C5H9NO2.CH4/c1-2-3-6-5(8)4-7;/h4H,2-3H2,1H3,(H,6,8);1H4. The minimum absolute atomic E-state index is 0. The predicted molar refractivity (Wildman–Crippen MR) is 36.1 cm³/mol. The Labute approximate surface area is 55.4 Å². The third-order valence-electron chi connectivity index (χ3n) is 0.656. The molecule has 0 fully saturated rings. The first-order valence-electron chi connectivity index (χ1n) is 2.54. The molecule has 0 unspecified atom stereocenters. The van der Waals surface area contributed by atoms with Crippen molar-refractivity contribution in [3.05, 3.63) is 0 Å². The fourth-order valence-electron chi connectivity index (χ4n) is 0.290. The highest BCUT2D eigenvalue weighted by molar-refractivity contribution is 6.23. The fraction of sp³-hybridized carbons (Fsp3) is 0.667. The molecule has 3 nitrogen and oxygen atoms in total. The molecular weight excluding hydrogens is 118 g/mol.